The number of aryl methyl sites for hydroxylation is 1. The highest BCUT2D eigenvalue weighted by Crippen LogP contribution is 2.24. The van der Waals surface area contributed by atoms with Crippen molar-refractivity contribution < 1.29 is 9.90 Å². The van der Waals surface area contributed by atoms with Crippen LogP contribution in [0.25, 0.3) is 11.1 Å². The molecule has 0 aliphatic rings. The van der Waals surface area contributed by atoms with Gasteiger partial charge < -0.3 is 5.11 Å². The van der Waals surface area contributed by atoms with Crippen LogP contribution in [0.5, 0.6) is 0 Å². The third kappa shape index (κ3) is 5.44. The van der Waals surface area contributed by atoms with Crippen LogP contribution in [0.2, 0.25) is 0 Å². The SMILES string of the molecule is C/C=C/Cc1nc(CCCCC)nn1Cc1ccc(-c2ccccc2C(=O)O)cc1. The Balaban J connectivity index is 1.80. The molecule has 1 aromatic heterocycles. The van der Waals surface area contributed by atoms with Gasteiger partial charge in [-0.15, -0.1) is 0 Å². The number of carboxylic acids is 1. The van der Waals surface area contributed by atoms with Crippen molar-refractivity contribution in [1.29, 1.82) is 0 Å². The maximum absolute atomic E-state index is 11.5. The molecule has 30 heavy (non-hydrogen) atoms. The second kappa shape index (κ2) is 10.5. The third-order valence-electron chi connectivity index (χ3n) is 5.09. The van der Waals surface area contributed by atoms with E-state index in [9.17, 15) is 9.90 Å². The first-order chi connectivity index (χ1) is 14.6. The Hall–Kier alpha value is -3.21. The van der Waals surface area contributed by atoms with E-state index in [2.05, 4.69) is 13.0 Å². The molecule has 1 heterocycles. The van der Waals surface area contributed by atoms with Crippen LogP contribution < -0.4 is 0 Å². The predicted molar refractivity (Wildman–Crippen MR) is 120 cm³/mol. The summed E-state index contributed by atoms with van der Waals surface area (Å²) >= 11 is 0. The Kier molecular flexibility index (Phi) is 7.55. The van der Waals surface area contributed by atoms with Gasteiger partial charge in [-0.1, -0.05) is 74.4 Å². The van der Waals surface area contributed by atoms with Crippen molar-refractivity contribution in [2.24, 2.45) is 0 Å². The van der Waals surface area contributed by atoms with Crippen molar-refractivity contribution in [2.45, 2.75) is 52.5 Å². The molecular formula is C25H29N3O2. The lowest BCUT2D eigenvalue weighted by Crippen LogP contribution is -2.07. The fourth-order valence-corrected chi connectivity index (χ4v) is 3.45. The van der Waals surface area contributed by atoms with Crippen LogP contribution in [0.4, 0.5) is 0 Å². The Morgan fingerprint density at radius 1 is 1.10 bits per heavy atom. The van der Waals surface area contributed by atoms with Gasteiger partial charge in [0.15, 0.2) is 5.82 Å². The minimum atomic E-state index is -0.915. The van der Waals surface area contributed by atoms with E-state index < -0.39 is 5.97 Å². The van der Waals surface area contributed by atoms with Gasteiger partial charge in [0.1, 0.15) is 5.82 Å². The van der Waals surface area contributed by atoms with E-state index in [1.165, 1.54) is 12.8 Å². The van der Waals surface area contributed by atoms with Crippen LogP contribution in [0.3, 0.4) is 0 Å². The van der Waals surface area contributed by atoms with Gasteiger partial charge in [0.2, 0.25) is 0 Å². The van der Waals surface area contributed by atoms with E-state index >= 15 is 0 Å². The van der Waals surface area contributed by atoms with Crippen LogP contribution in [0, 0.1) is 0 Å². The van der Waals surface area contributed by atoms with Crippen molar-refractivity contribution in [3.05, 3.63) is 83.5 Å². The van der Waals surface area contributed by atoms with Gasteiger partial charge >= 0.3 is 5.97 Å². The van der Waals surface area contributed by atoms with E-state index in [-0.39, 0.29) is 0 Å². The number of benzene rings is 2. The number of carbonyl (C=O) groups is 1. The summed E-state index contributed by atoms with van der Waals surface area (Å²) in [6, 6.07) is 15.1. The number of unbranched alkanes of at least 4 members (excludes halogenated alkanes) is 2. The molecule has 0 aliphatic heterocycles. The van der Waals surface area contributed by atoms with Gasteiger partial charge in [0, 0.05) is 12.8 Å². The van der Waals surface area contributed by atoms with Crippen molar-refractivity contribution >= 4 is 5.97 Å². The smallest absolute Gasteiger partial charge is 0.336 e. The minimum absolute atomic E-state index is 0.312. The maximum atomic E-state index is 11.5. The average Bonchev–Trinajstić information content (AvgIpc) is 3.14. The monoisotopic (exact) mass is 403 g/mol. The molecule has 0 saturated heterocycles. The van der Waals surface area contributed by atoms with E-state index in [4.69, 9.17) is 10.1 Å². The highest BCUT2D eigenvalue weighted by atomic mass is 16.4. The molecule has 0 aliphatic carbocycles. The summed E-state index contributed by atoms with van der Waals surface area (Å²) in [6.45, 7) is 4.85. The van der Waals surface area contributed by atoms with Crippen LogP contribution in [0.1, 0.15) is 60.7 Å². The molecule has 2 aromatic carbocycles. The van der Waals surface area contributed by atoms with Gasteiger partial charge in [-0.25, -0.2) is 14.5 Å². The topological polar surface area (TPSA) is 68.0 Å². The lowest BCUT2D eigenvalue weighted by Gasteiger charge is -2.09. The van der Waals surface area contributed by atoms with Crippen molar-refractivity contribution in [2.75, 3.05) is 0 Å². The highest BCUT2D eigenvalue weighted by Gasteiger charge is 2.12. The summed E-state index contributed by atoms with van der Waals surface area (Å²) in [7, 11) is 0. The lowest BCUT2D eigenvalue weighted by molar-refractivity contribution is 0.0697. The van der Waals surface area contributed by atoms with Crippen LogP contribution in [-0.4, -0.2) is 25.8 Å². The van der Waals surface area contributed by atoms with Gasteiger partial charge in [0.05, 0.1) is 12.1 Å². The Morgan fingerprint density at radius 3 is 2.57 bits per heavy atom. The largest absolute Gasteiger partial charge is 0.478 e. The molecule has 0 atom stereocenters. The van der Waals surface area contributed by atoms with Crippen LogP contribution in [0.15, 0.2) is 60.7 Å². The van der Waals surface area contributed by atoms with Crippen molar-refractivity contribution in [3.8, 4) is 11.1 Å². The molecule has 0 amide bonds. The minimum Gasteiger partial charge on any atom is -0.478 e. The lowest BCUT2D eigenvalue weighted by atomic mass is 9.99. The molecular weight excluding hydrogens is 374 g/mol. The molecule has 0 saturated carbocycles. The fraction of sp³-hybridized carbons (Fsp3) is 0.320. The number of rotatable bonds is 10. The Bertz CT molecular complexity index is 1000. The van der Waals surface area contributed by atoms with Crippen LogP contribution >= 0.6 is 0 Å². The summed E-state index contributed by atoms with van der Waals surface area (Å²) in [6.07, 6.45) is 9.30. The van der Waals surface area contributed by atoms with Gasteiger partial charge in [-0.05, 0) is 36.1 Å². The van der Waals surface area contributed by atoms with Gasteiger partial charge in [0.25, 0.3) is 0 Å². The molecule has 0 radical (unpaired) electrons. The summed E-state index contributed by atoms with van der Waals surface area (Å²) < 4.78 is 1.99. The van der Waals surface area contributed by atoms with Gasteiger partial charge in [-0.3, -0.25) is 0 Å². The van der Waals surface area contributed by atoms with E-state index in [1.54, 1.807) is 12.1 Å². The quantitative estimate of drug-likeness (QED) is 0.356. The summed E-state index contributed by atoms with van der Waals surface area (Å²) in [5.41, 5.74) is 3.04. The molecule has 156 valence electrons. The Labute approximate surface area is 178 Å². The second-order valence-corrected chi connectivity index (χ2v) is 7.38. The molecule has 0 fully saturated rings. The standard InChI is InChI=1S/C25H29N3O2/c1-3-5-7-12-23-26-24(13-6-4-2)28(27-23)18-19-14-16-20(17-15-19)21-10-8-9-11-22(21)25(29)30/h4,6,8-11,14-17H,3,5,7,12-13,18H2,1-2H3,(H,29,30)/b6-4+. The zero-order chi connectivity index (χ0) is 21.3. The Morgan fingerprint density at radius 2 is 1.87 bits per heavy atom. The molecule has 5 heteroatoms. The van der Waals surface area contributed by atoms with E-state index in [0.29, 0.717) is 12.1 Å². The number of allylic oxidation sites excluding steroid dienone is 2. The number of hydrogen-bond donors (Lipinski definition) is 1. The van der Waals surface area contributed by atoms with Crippen molar-refractivity contribution in [1.82, 2.24) is 14.8 Å². The highest BCUT2D eigenvalue weighted by molar-refractivity contribution is 5.95. The molecule has 3 aromatic rings. The number of nitrogens with zero attached hydrogens (tertiary/aromatic N) is 3. The van der Waals surface area contributed by atoms with Crippen molar-refractivity contribution in [3.63, 3.8) is 0 Å². The van der Waals surface area contributed by atoms with E-state index in [1.807, 2.05) is 54.1 Å². The second-order valence-electron chi connectivity index (χ2n) is 7.38. The third-order valence-corrected chi connectivity index (χ3v) is 5.09. The first kappa shape index (κ1) is 21.5. The summed E-state index contributed by atoms with van der Waals surface area (Å²) in [4.78, 5) is 16.2. The molecule has 0 spiro atoms. The van der Waals surface area contributed by atoms with E-state index in [0.717, 1.165) is 47.6 Å². The number of carboxylic acid groups (broad SMARTS) is 1. The number of aromatic nitrogens is 3. The molecule has 3 rings (SSSR count). The summed E-state index contributed by atoms with van der Waals surface area (Å²) in [5.74, 6) is 0.969. The number of hydrogen-bond acceptors (Lipinski definition) is 3. The molecule has 5 nitrogen and oxygen atoms in total. The molecule has 0 unspecified atom stereocenters. The van der Waals surface area contributed by atoms with Gasteiger partial charge in [-0.2, -0.15) is 5.10 Å². The zero-order valence-electron chi connectivity index (χ0n) is 17.7. The summed E-state index contributed by atoms with van der Waals surface area (Å²) in [5, 5.41) is 14.2. The first-order valence-corrected chi connectivity index (χ1v) is 10.6. The molecule has 0 bridgehead atoms. The number of aromatic carboxylic acids is 1. The molecule has 1 N–H and O–H groups in total. The van der Waals surface area contributed by atoms with Crippen LogP contribution in [-0.2, 0) is 19.4 Å². The first-order valence-electron chi connectivity index (χ1n) is 10.6. The normalized spacial score (nSPS) is 11.3. The fourth-order valence-electron chi connectivity index (χ4n) is 3.45. The predicted octanol–water partition coefficient (Wildman–Crippen LogP) is 5.54. The average molecular weight is 404 g/mol. The zero-order valence-corrected chi connectivity index (χ0v) is 17.7. The maximum Gasteiger partial charge on any atom is 0.336 e.